The summed E-state index contributed by atoms with van der Waals surface area (Å²) < 4.78 is 10.6. The highest BCUT2D eigenvalue weighted by molar-refractivity contribution is 5.93. The van der Waals surface area contributed by atoms with Crippen molar-refractivity contribution in [3.8, 4) is 22.8 Å². The van der Waals surface area contributed by atoms with Crippen LogP contribution in [0.15, 0.2) is 60.7 Å². The lowest BCUT2D eigenvalue weighted by molar-refractivity contribution is -0.139. The first kappa shape index (κ1) is 20.4. The van der Waals surface area contributed by atoms with Gasteiger partial charge in [0.15, 0.2) is 18.1 Å². The second kappa shape index (κ2) is 8.87. The Balaban J connectivity index is 1.55. The number of carbonyl (C=O) groups is 2. The van der Waals surface area contributed by atoms with Crippen molar-refractivity contribution in [1.29, 1.82) is 0 Å². The van der Waals surface area contributed by atoms with Crippen molar-refractivity contribution in [3.63, 3.8) is 0 Å². The van der Waals surface area contributed by atoms with Gasteiger partial charge in [-0.15, -0.1) is 0 Å². The lowest BCUT2D eigenvalue weighted by atomic mass is 10.1. The maximum Gasteiger partial charge on any atom is 0.341 e. The molecule has 1 aliphatic carbocycles. The van der Waals surface area contributed by atoms with E-state index in [1.54, 1.807) is 36.4 Å². The molecule has 0 aliphatic heterocycles. The van der Waals surface area contributed by atoms with Gasteiger partial charge >= 0.3 is 5.97 Å². The highest BCUT2D eigenvalue weighted by Crippen LogP contribution is 2.33. The van der Waals surface area contributed by atoms with Crippen LogP contribution < -0.4 is 14.8 Å². The number of aromatic nitrogens is 1. The van der Waals surface area contributed by atoms with Crippen LogP contribution in [0.3, 0.4) is 0 Å². The largest absolute Gasteiger partial charge is 0.493 e. The quantitative estimate of drug-likeness (QED) is 0.608. The van der Waals surface area contributed by atoms with E-state index in [0.717, 1.165) is 18.4 Å². The van der Waals surface area contributed by atoms with Gasteiger partial charge in [-0.3, -0.25) is 4.79 Å². The molecular formula is C24H22N2O5. The number of ether oxygens (including phenoxy) is 2. The van der Waals surface area contributed by atoms with Crippen molar-refractivity contribution < 1.29 is 24.2 Å². The molecule has 1 heterocycles. The Morgan fingerprint density at radius 2 is 1.94 bits per heavy atom. The molecule has 3 aromatic rings. The van der Waals surface area contributed by atoms with Crippen molar-refractivity contribution >= 4 is 11.9 Å². The first-order valence-corrected chi connectivity index (χ1v) is 9.94. The van der Waals surface area contributed by atoms with E-state index < -0.39 is 12.6 Å². The number of methoxy groups -OCH3 is 1. The fraction of sp³-hybridized carbons (Fsp3) is 0.208. The lowest BCUT2D eigenvalue weighted by Gasteiger charge is -2.14. The van der Waals surface area contributed by atoms with Crippen molar-refractivity contribution in [3.05, 3.63) is 77.5 Å². The van der Waals surface area contributed by atoms with E-state index in [1.165, 1.54) is 12.7 Å². The molecule has 0 radical (unpaired) electrons. The molecule has 1 amide bonds. The summed E-state index contributed by atoms with van der Waals surface area (Å²) in [6, 6.07) is 18.4. The number of hydrogen-bond donors (Lipinski definition) is 2. The highest BCUT2D eigenvalue weighted by atomic mass is 16.5. The first-order valence-electron chi connectivity index (χ1n) is 9.94. The van der Waals surface area contributed by atoms with E-state index in [0.29, 0.717) is 28.5 Å². The number of rotatable bonds is 7. The Morgan fingerprint density at radius 3 is 2.74 bits per heavy atom. The minimum absolute atomic E-state index is 0.0221. The highest BCUT2D eigenvalue weighted by Gasteiger charge is 2.24. The van der Waals surface area contributed by atoms with E-state index in [1.807, 2.05) is 18.2 Å². The predicted molar refractivity (Wildman–Crippen MR) is 114 cm³/mol. The van der Waals surface area contributed by atoms with Gasteiger partial charge in [-0.25, -0.2) is 9.78 Å². The molecule has 158 valence electrons. The summed E-state index contributed by atoms with van der Waals surface area (Å²) in [6.45, 7) is -0.488. The Bertz CT molecular complexity index is 1130. The third kappa shape index (κ3) is 4.50. The summed E-state index contributed by atoms with van der Waals surface area (Å²) in [5.74, 6) is -0.613. The number of benzene rings is 2. The van der Waals surface area contributed by atoms with Crippen molar-refractivity contribution in [2.75, 3.05) is 13.7 Å². The predicted octanol–water partition coefficient (Wildman–Crippen LogP) is 3.64. The molecule has 1 atom stereocenters. The molecule has 4 rings (SSSR count). The van der Waals surface area contributed by atoms with Crippen LogP contribution in [0.25, 0.3) is 11.3 Å². The molecule has 2 aromatic carbocycles. The topological polar surface area (TPSA) is 97.8 Å². The van der Waals surface area contributed by atoms with Gasteiger partial charge in [0, 0.05) is 5.56 Å². The van der Waals surface area contributed by atoms with E-state index in [2.05, 4.69) is 16.4 Å². The monoisotopic (exact) mass is 418 g/mol. The number of aliphatic carboxylic acids is 1. The van der Waals surface area contributed by atoms with Crippen LogP contribution >= 0.6 is 0 Å². The maximum atomic E-state index is 12.9. The number of carboxylic acid groups (broad SMARTS) is 1. The van der Waals surface area contributed by atoms with Crippen molar-refractivity contribution in [2.45, 2.75) is 18.9 Å². The number of pyridine rings is 1. The molecule has 1 aliphatic rings. The minimum atomic E-state index is -1.09. The Hall–Kier alpha value is -3.87. The summed E-state index contributed by atoms with van der Waals surface area (Å²) >= 11 is 0. The van der Waals surface area contributed by atoms with E-state index >= 15 is 0 Å². The van der Waals surface area contributed by atoms with Crippen LogP contribution in [0.4, 0.5) is 0 Å². The van der Waals surface area contributed by atoms with Crippen LogP contribution in [0.2, 0.25) is 0 Å². The second-order valence-electron chi connectivity index (χ2n) is 7.22. The minimum Gasteiger partial charge on any atom is -0.493 e. The number of carboxylic acids is 1. The Morgan fingerprint density at radius 1 is 1.10 bits per heavy atom. The molecular weight excluding hydrogens is 396 g/mol. The third-order valence-corrected chi connectivity index (χ3v) is 5.23. The molecule has 0 spiro atoms. The summed E-state index contributed by atoms with van der Waals surface area (Å²) in [4.78, 5) is 28.2. The zero-order valence-corrected chi connectivity index (χ0v) is 17.0. The van der Waals surface area contributed by atoms with E-state index in [4.69, 9.17) is 14.6 Å². The summed E-state index contributed by atoms with van der Waals surface area (Å²) in [5.41, 5.74) is 3.99. The van der Waals surface area contributed by atoms with Gasteiger partial charge in [0.2, 0.25) is 0 Å². The second-order valence-corrected chi connectivity index (χ2v) is 7.22. The molecule has 7 nitrogen and oxygen atoms in total. The fourth-order valence-electron chi connectivity index (χ4n) is 3.75. The van der Waals surface area contributed by atoms with Crippen LogP contribution in [0, 0.1) is 0 Å². The number of hydrogen-bond acceptors (Lipinski definition) is 5. The molecule has 1 unspecified atom stereocenters. The number of nitrogens with zero attached hydrogens (tertiary/aromatic N) is 1. The summed E-state index contributed by atoms with van der Waals surface area (Å²) in [5, 5.41) is 12.0. The fourth-order valence-corrected chi connectivity index (χ4v) is 3.75. The van der Waals surface area contributed by atoms with Crippen LogP contribution in [-0.4, -0.2) is 35.7 Å². The number of aryl methyl sites for hydroxylation is 1. The normalized spacial score (nSPS) is 14.5. The third-order valence-electron chi connectivity index (χ3n) is 5.23. The van der Waals surface area contributed by atoms with Crippen LogP contribution in [0.5, 0.6) is 11.5 Å². The Kier molecular flexibility index (Phi) is 5.84. The molecule has 1 aromatic heterocycles. The number of nitrogens with one attached hydrogen (secondary N) is 1. The van der Waals surface area contributed by atoms with Gasteiger partial charge in [-0.05, 0) is 54.3 Å². The molecule has 0 fully saturated rings. The number of fused-ring (bicyclic) bond motifs is 1. The van der Waals surface area contributed by atoms with Gasteiger partial charge in [0.05, 0.1) is 18.8 Å². The summed E-state index contributed by atoms with van der Waals surface area (Å²) in [6.07, 6.45) is 1.81. The molecule has 0 saturated carbocycles. The van der Waals surface area contributed by atoms with Gasteiger partial charge in [0.25, 0.3) is 5.91 Å². The average Bonchev–Trinajstić information content (AvgIpc) is 3.20. The molecule has 0 saturated heterocycles. The van der Waals surface area contributed by atoms with Crippen molar-refractivity contribution in [2.24, 2.45) is 0 Å². The van der Waals surface area contributed by atoms with E-state index in [9.17, 15) is 9.59 Å². The SMILES string of the molecule is COc1ccc(-c2cccc(C(=O)NC3CCc4ccccc43)n2)cc1OCC(=O)O. The van der Waals surface area contributed by atoms with Crippen LogP contribution in [-0.2, 0) is 11.2 Å². The Labute approximate surface area is 179 Å². The standard InChI is InChI=1S/C24H22N2O5/c1-30-21-12-10-16(13-22(21)31-14-23(27)28)18-7-4-8-20(25-18)24(29)26-19-11-9-15-5-2-3-6-17(15)19/h2-8,10,12-13,19H,9,11,14H2,1H3,(H,26,29)(H,27,28). The van der Waals surface area contributed by atoms with Gasteiger partial charge in [-0.1, -0.05) is 30.3 Å². The van der Waals surface area contributed by atoms with Gasteiger partial charge in [0.1, 0.15) is 5.69 Å². The molecule has 2 N–H and O–H groups in total. The van der Waals surface area contributed by atoms with Gasteiger partial charge < -0.3 is 19.9 Å². The van der Waals surface area contributed by atoms with Crippen molar-refractivity contribution in [1.82, 2.24) is 10.3 Å². The zero-order chi connectivity index (χ0) is 21.8. The average molecular weight is 418 g/mol. The molecule has 0 bridgehead atoms. The zero-order valence-electron chi connectivity index (χ0n) is 17.0. The number of carbonyl (C=O) groups excluding carboxylic acids is 1. The number of amides is 1. The lowest BCUT2D eigenvalue weighted by Crippen LogP contribution is -2.27. The maximum absolute atomic E-state index is 12.9. The molecule has 31 heavy (non-hydrogen) atoms. The molecule has 7 heteroatoms. The van der Waals surface area contributed by atoms with E-state index in [-0.39, 0.29) is 11.9 Å². The smallest absolute Gasteiger partial charge is 0.341 e. The summed E-state index contributed by atoms with van der Waals surface area (Å²) in [7, 11) is 1.48. The van der Waals surface area contributed by atoms with Crippen LogP contribution in [0.1, 0.15) is 34.1 Å². The first-order chi connectivity index (χ1) is 15.0. The van der Waals surface area contributed by atoms with Gasteiger partial charge in [-0.2, -0.15) is 0 Å².